The number of hydrogen-bond donors (Lipinski definition) is 2. The second kappa shape index (κ2) is 8.47. The number of carbonyl (C=O) groups excluding carboxylic acids is 1. The molecule has 1 amide bonds. The molecule has 1 aromatic carbocycles. The highest BCUT2D eigenvalue weighted by molar-refractivity contribution is 7.91. The molecule has 32 heavy (non-hydrogen) atoms. The Morgan fingerprint density at radius 2 is 2.00 bits per heavy atom. The molecule has 2 aromatic heterocycles. The molecule has 2 N–H and O–H groups in total. The van der Waals surface area contributed by atoms with Gasteiger partial charge in [0.05, 0.1) is 22.8 Å². The standard InChI is InChI=1S/C21H22F2N4O4S/c1-12-8-18(31-10-15-16(22)4-3-5-17(15)23)20-24-13(2)19(27(20)9-12)21(28)26-25-14-6-7-32(29,30)11-14/h3-5,8-9,14,25H,6-7,10-11H2,1-2H3,(H,26,28). The topological polar surface area (TPSA) is 102 Å². The van der Waals surface area contributed by atoms with Crippen LogP contribution in [0.2, 0.25) is 0 Å². The first-order chi connectivity index (χ1) is 15.1. The average molecular weight is 464 g/mol. The van der Waals surface area contributed by atoms with E-state index in [0.717, 1.165) is 17.7 Å². The molecule has 1 saturated heterocycles. The van der Waals surface area contributed by atoms with Crippen molar-refractivity contribution >= 4 is 21.4 Å². The van der Waals surface area contributed by atoms with Gasteiger partial charge in [0, 0.05) is 12.2 Å². The van der Waals surface area contributed by atoms with Crippen molar-refractivity contribution in [1.82, 2.24) is 20.2 Å². The number of hydrogen-bond acceptors (Lipinski definition) is 6. The second-order valence-electron chi connectivity index (χ2n) is 7.81. The number of aromatic nitrogens is 2. The highest BCUT2D eigenvalue weighted by Crippen LogP contribution is 2.26. The minimum Gasteiger partial charge on any atom is -0.485 e. The number of ether oxygens (including phenoxy) is 1. The number of hydrazine groups is 1. The van der Waals surface area contributed by atoms with Gasteiger partial charge in [0.25, 0.3) is 5.91 Å². The minimum atomic E-state index is -3.09. The Hall–Kier alpha value is -3.05. The molecule has 1 atom stereocenters. The summed E-state index contributed by atoms with van der Waals surface area (Å²) in [6.07, 6.45) is 2.11. The Morgan fingerprint density at radius 3 is 2.66 bits per heavy atom. The summed E-state index contributed by atoms with van der Waals surface area (Å²) in [4.78, 5) is 17.2. The average Bonchev–Trinajstić information content (AvgIpc) is 3.23. The zero-order valence-electron chi connectivity index (χ0n) is 17.5. The van der Waals surface area contributed by atoms with E-state index in [1.54, 1.807) is 30.5 Å². The maximum Gasteiger partial charge on any atom is 0.284 e. The van der Waals surface area contributed by atoms with Crippen molar-refractivity contribution in [2.75, 3.05) is 11.5 Å². The molecule has 3 heterocycles. The summed E-state index contributed by atoms with van der Waals surface area (Å²) in [5, 5.41) is 0. The molecule has 0 saturated carbocycles. The van der Waals surface area contributed by atoms with Crippen LogP contribution in [0.25, 0.3) is 5.65 Å². The molecule has 8 nitrogen and oxygen atoms in total. The Bertz CT molecular complexity index is 1290. The highest BCUT2D eigenvalue weighted by atomic mass is 32.2. The van der Waals surface area contributed by atoms with E-state index in [4.69, 9.17) is 4.74 Å². The third-order valence-corrected chi connectivity index (χ3v) is 7.04. The zero-order valence-corrected chi connectivity index (χ0v) is 18.3. The number of rotatable bonds is 6. The third-order valence-electron chi connectivity index (χ3n) is 5.27. The zero-order chi connectivity index (χ0) is 23.0. The lowest BCUT2D eigenvalue weighted by atomic mass is 10.2. The van der Waals surface area contributed by atoms with Crippen molar-refractivity contribution in [2.45, 2.75) is 32.9 Å². The van der Waals surface area contributed by atoms with E-state index in [2.05, 4.69) is 15.8 Å². The number of imidazole rings is 1. The van der Waals surface area contributed by atoms with Crippen LogP contribution in [0.3, 0.4) is 0 Å². The number of carbonyl (C=O) groups is 1. The number of benzene rings is 1. The van der Waals surface area contributed by atoms with Crippen molar-refractivity contribution < 1.29 is 26.7 Å². The van der Waals surface area contributed by atoms with Gasteiger partial charge in [-0.05, 0) is 44.0 Å². The van der Waals surface area contributed by atoms with E-state index in [1.165, 1.54) is 6.07 Å². The number of sulfone groups is 1. The van der Waals surface area contributed by atoms with Crippen LogP contribution in [0.1, 0.15) is 33.7 Å². The lowest BCUT2D eigenvalue weighted by Crippen LogP contribution is -2.45. The van der Waals surface area contributed by atoms with E-state index in [-0.39, 0.29) is 41.2 Å². The molecule has 11 heteroatoms. The molecule has 170 valence electrons. The molecular formula is C21H22F2N4O4S. The van der Waals surface area contributed by atoms with Gasteiger partial charge in [0.15, 0.2) is 21.2 Å². The SMILES string of the molecule is Cc1cc(OCc2c(F)cccc2F)c2nc(C)c(C(=O)NNC3CCS(=O)(=O)C3)n2c1. The Balaban J connectivity index is 1.58. The molecule has 0 aliphatic carbocycles. The number of halogens is 2. The van der Waals surface area contributed by atoms with Crippen molar-refractivity contribution in [3.05, 3.63) is 64.6 Å². The lowest BCUT2D eigenvalue weighted by molar-refractivity contribution is 0.0920. The monoisotopic (exact) mass is 464 g/mol. The lowest BCUT2D eigenvalue weighted by Gasteiger charge is -2.13. The molecule has 0 radical (unpaired) electrons. The molecular weight excluding hydrogens is 442 g/mol. The predicted molar refractivity (Wildman–Crippen MR) is 113 cm³/mol. The minimum absolute atomic E-state index is 0.0386. The van der Waals surface area contributed by atoms with E-state index >= 15 is 0 Å². The summed E-state index contributed by atoms with van der Waals surface area (Å²) in [5.41, 5.74) is 6.83. The summed E-state index contributed by atoms with van der Waals surface area (Å²) >= 11 is 0. The smallest absolute Gasteiger partial charge is 0.284 e. The van der Waals surface area contributed by atoms with E-state index in [9.17, 15) is 22.0 Å². The number of fused-ring (bicyclic) bond motifs is 1. The number of amides is 1. The number of aryl methyl sites for hydroxylation is 2. The van der Waals surface area contributed by atoms with Gasteiger partial charge in [-0.3, -0.25) is 14.6 Å². The summed E-state index contributed by atoms with van der Waals surface area (Å²) in [5.74, 6) is -1.61. The summed E-state index contributed by atoms with van der Waals surface area (Å²) < 4.78 is 58.3. The van der Waals surface area contributed by atoms with Crippen LogP contribution < -0.4 is 15.6 Å². The first-order valence-electron chi connectivity index (χ1n) is 9.96. The van der Waals surface area contributed by atoms with Crippen LogP contribution in [0.4, 0.5) is 8.78 Å². The van der Waals surface area contributed by atoms with Crippen LogP contribution in [0.15, 0.2) is 30.5 Å². The van der Waals surface area contributed by atoms with Gasteiger partial charge in [0.2, 0.25) is 0 Å². The van der Waals surface area contributed by atoms with Gasteiger partial charge in [-0.15, -0.1) is 0 Å². The molecule has 4 rings (SSSR count). The Morgan fingerprint density at radius 1 is 1.28 bits per heavy atom. The number of nitrogens with zero attached hydrogens (tertiary/aromatic N) is 2. The maximum atomic E-state index is 13.9. The molecule has 1 fully saturated rings. The number of pyridine rings is 1. The van der Waals surface area contributed by atoms with Crippen LogP contribution in [0, 0.1) is 25.5 Å². The molecule has 3 aromatic rings. The van der Waals surface area contributed by atoms with Crippen molar-refractivity contribution in [3.8, 4) is 5.75 Å². The fourth-order valence-electron chi connectivity index (χ4n) is 3.69. The van der Waals surface area contributed by atoms with Gasteiger partial charge in [0.1, 0.15) is 23.9 Å². The van der Waals surface area contributed by atoms with Gasteiger partial charge in [-0.25, -0.2) is 27.6 Å². The van der Waals surface area contributed by atoms with Crippen LogP contribution >= 0.6 is 0 Å². The highest BCUT2D eigenvalue weighted by Gasteiger charge is 2.28. The van der Waals surface area contributed by atoms with Crippen LogP contribution in [-0.2, 0) is 16.4 Å². The van der Waals surface area contributed by atoms with Crippen LogP contribution in [-0.4, -0.2) is 41.3 Å². The quantitative estimate of drug-likeness (QED) is 0.543. The van der Waals surface area contributed by atoms with Gasteiger partial charge < -0.3 is 4.74 Å². The van der Waals surface area contributed by atoms with Gasteiger partial charge in [-0.2, -0.15) is 0 Å². The summed E-state index contributed by atoms with van der Waals surface area (Å²) in [6.45, 7) is 3.09. The Labute approximate surface area is 183 Å². The van der Waals surface area contributed by atoms with E-state index in [1.807, 2.05) is 0 Å². The Kier molecular flexibility index (Phi) is 5.87. The summed E-state index contributed by atoms with van der Waals surface area (Å²) in [6, 6.07) is 4.89. The first-order valence-corrected chi connectivity index (χ1v) is 11.8. The molecule has 1 aliphatic heterocycles. The van der Waals surface area contributed by atoms with Gasteiger partial charge in [-0.1, -0.05) is 6.07 Å². The predicted octanol–water partition coefficient (Wildman–Crippen LogP) is 2.23. The summed E-state index contributed by atoms with van der Waals surface area (Å²) in [7, 11) is -3.09. The van der Waals surface area contributed by atoms with Crippen molar-refractivity contribution in [1.29, 1.82) is 0 Å². The third kappa shape index (κ3) is 4.44. The molecule has 1 unspecified atom stereocenters. The second-order valence-corrected chi connectivity index (χ2v) is 10.0. The fraction of sp³-hybridized carbons (Fsp3) is 0.333. The van der Waals surface area contributed by atoms with Crippen LogP contribution in [0.5, 0.6) is 5.75 Å². The van der Waals surface area contributed by atoms with Gasteiger partial charge >= 0.3 is 0 Å². The van der Waals surface area contributed by atoms with Crippen molar-refractivity contribution in [3.63, 3.8) is 0 Å². The normalized spacial score (nSPS) is 17.6. The number of nitrogens with one attached hydrogen (secondary N) is 2. The van der Waals surface area contributed by atoms with E-state index in [0.29, 0.717) is 17.8 Å². The molecule has 0 spiro atoms. The molecule has 1 aliphatic rings. The van der Waals surface area contributed by atoms with E-state index < -0.39 is 27.4 Å². The maximum absolute atomic E-state index is 13.9. The fourth-order valence-corrected chi connectivity index (χ4v) is 5.37. The largest absolute Gasteiger partial charge is 0.485 e. The first kappa shape index (κ1) is 22.2. The molecule has 0 bridgehead atoms. The van der Waals surface area contributed by atoms with Crippen molar-refractivity contribution in [2.24, 2.45) is 0 Å².